The lowest BCUT2D eigenvalue weighted by molar-refractivity contribution is 0.0743. The molecule has 1 rings (SSSR count). The molecule has 106 valence electrons. The predicted octanol–water partition coefficient (Wildman–Crippen LogP) is 0.674. The van der Waals surface area contributed by atoms with Gasteiger partial charge in [-0.15, -0.1) is 0 Å². The average Bonchev–Trinajstić information content (AvgIpc) is 2.27. The lowest BCUT2D eigenvalue weighted by atomic mass is 10.1. The second-order valence-electron chi connectivity index (χ2n) is 6.18. The third kappa shape index (κ3) is 4.82. The van der Waals surface area contributed by atoms with Gasteiger partial charge in [0.15, 0.2) is 0 Å². The first-order valence-electron chi connectivity index (χ1n) is 6.73. The molecule has 5 nitrogen and oxygen atoms in total. The number of hydrogen-bond donors (Lipinski definition) is 1. The Bertz CT molecular complexity index is 265. The summed E-state index contributed by atoms with van der Waals surface area (Å²) in [5.41, 5.74) is 0.202. The van der Waals surface area contributed by atoms with Crippen LogP contribution in [0.25, 0.3) is 0 Å². The Morgan fingerprint density at radius 3 is 2.17 bits per heavy atom. The molecule has 0 atom stereocenters. The van der Waals surface area contributed by atoms with Gasteiger partial charge >= 0.3 is 6.03 Å². The first kappa shape index (κ1) is 15.2. The Balaban J connectivity index is 2.28. The summed E-state index contributed by atoms with van der Waals surface area (Å²) in [5, 5.41) is 2.96. The van der Waals surface area contributed by atoms with Crippen LogP contribution in [0.5, 0.6) is 0 Å². The summed E-state index contributed by atoms with van der Waals surface area (Å²) in [5.74, 6) is 0. The number of amides is 2. The fourth-order valence-electron chi connectivity index (χ4n) is 2.08. The highest BCUT2D eigenvalue weighted by Crippen LogP contribution is 2.15. The van der Waals surface area contributed by atoms with Crippen molar-refractivity contribution in [3.05, 3.63) is 0 Å². The Morgan fingerprint density at radius 2 is 1.72 bits per heavy atom. The molecule has 18 heavy (non-hydrogen) atoms. The van der Waals surface area contributed by atoms with Gasteiger partial charge < -0.3 is 15.1 Å². The number of hydrogen-bond acceptors (Lipinski definition) is 3. The van der Waals surface area contributed by atoms with Crippen molar-refractivity contribution in [3.8, 4) is 0 Å². The Hall–Kier alpha value is -0.810. The summed E-state index contributed by atoms with van der Waals surface area (Å²) in [6.07, 6.45) is 0. The molecule has 1 fully saturated rings. The van der Waals surface area contributed by atoms with Crippen molar-refractivity contribution >= 4 is 6.03 Å². The SMILES string of the molecule is CN(C)CCNC(=O)N1CCN(C(C)(C)C)CC1. The predicted molar refractivity (Wildman–Crippen MR) is 74.9 cm³/mol. The van der Waals surface area contributed by atoms with Gasteiger partial charge in [0.05, 0.1) is 0 Å². The second-order valence-corrected chi connectivity index (χ2v) is 6.18. The molecule has 2 amide bonds. The molecule has 0 aromatic rings. The van der Waals surface area contributed by atoms with E-state index in [0.29, 0.717) is 6.54 Å². The number of likely N-dealkylation sites (N-methyl/N-ethyl adjacent to an activating group) is 1. The van der Waals surface area contributed by atoms with Gasteiger partial charge in [-0.2, -0.15) is 0 Å². The molecule has 1 aliphatic rings. The first-order chi connectivity index (χ1) is 8.30. The molecular formula is C13H28N4O. The maximum absolute atomic E-state index is 11.9. The van der Waals surface area contributed by atoms with Crippen molar-refractivity contribution in [1.29, 1.82) is 0 Å². The number of nitrogens with one attached hydrogen (secondary N) is 1. The number of urea groups is 1. The average molecular weight is 256 g/mol. The number of nitrogens with zero attached hydrogens (tertiary/aromatic N) is 3. The van der Waals surface area contributed by atoms with Crippen LogP contribution in [0.2, 0.25) is 0 Å². The van der Waals surface area contributed by atoms with Crippen LogP contribution >= 0.6 is 0 Å². The van der Waals surface area contributed by atoms with Crippen molar-refractivity contribution < 1.29 is 4.79 Å². The fourth-order valence-corrected chi connectivity index (χ4v) is 2.08. The number of carbonyl (C=O) groups excluding carboxylic acids is 1. The molecule has 0 unspecified atom stereocenters. The van der Waals surface area contributed by atoms with Crippen LogP contribution in [0, 0.1) is 0 Å². The van der Waals surface area contributed by atoms with E-state index < -0.39 is 0 Å². The van der Waals surface area contributed by atoms with Crippen LogP contribution in [0.3, 0.4) is 0 Å². The highest BCUT2D eigenvalue weighted by atomic mass is 16.2. The van der Waals surface area contributed by atoms with Gasteiger partial charge in [-0.1, -0.05) is 0 Å². The lowest BCUT2D eigenvalue weighted by Crippen LogP contribution is -2.56. The van der Waals surface area contributed by atoms with Gasteiger partial charge in [0.1, 0.15) is 0 Å². The van der Waals surface area contributed by atoms with Gasteiger partial charge in [0.2, 0.25) is 0 Å². The minimum atomic E-state index is 0.0745. The number of piperazine rings is 1. The molecule has 1 N–H and O–H groups in total. The molecule has 1 aliphatic heterocycles. The summed E-state index contributed by atoms with van der Waals surface area (Å²) in [4.78, 5) is 18.3. The van der Waals surface area contributed by atoms with E-state index in [4.69, 9.17) is 0 Å². The van der Waals surface area contributed by atoms with E-state index in [1.807, 2.05) is 19.0 Å². The highest BCUT2D eigenvalue weighted by molar-refractivity contribution is 5.74. The zero-order valence-corrected chi connectivity index (χ0v) is 12.5. The van der Waals surface area contributed by atoms with Crippen LogP contribution in [-0.4, -0.2) is 79.6 Å². The number of rotatable bonds is 3. The first-order valence-corrected chi connectivity index (χ1v) is 6.73. The Morgan fingerprint density at radius 1 is 1.17 bits per heavy atom. The van der Waals surface area contributed by atoms with Crippen molar-refractivity contribution in [2.45, 2.75) is 26.3 Å². The monoisotopic (exact) mass is 256 g/mol. The molecule has 0 aliphatic carbocycles. The van der Waals surface area contributed by atoms with Crippen LogP contribution in [-0.2, 0) is 0 Å². The second kappa shape index (κ2) is 6.38. The molecular weight excluding hydrogens is 228 g/mol. The van der Waals surface area contributed by atoms with Crippen LogP contribution in [0.4, 0.5) is 4.79 Å². The Kier molecular flexibility index (Phi) is 5.41. The topological polar surface area (TPSA) is 38.8 Å². The van der Waals surface area contributed by atoms with Crippen LogP contribution in [0.15, 0.2) is 0 Å². The van der Waals surface area contributed by atoms with Gasteiger partial charge in [-0.05, 0) is 34.9 Å². The molecule has 0 aromatic carbocycles. The summed E-state index contributed by atoms with van der Waals surface area (Å²) in [6, 6.07) is 0.0745. The zero-order valence-electron chi connectivity index (χ0n) is 12.5. The van der Waals surface area contributed by atoms with Crippen molar-refractivity contribution in [3.63, 3.8) is 0 Å². The quantitative estimate of drug-likeness (QED) is 0.807. The van der Waals surface area contributed by atoms with E-state index >= 15 is 0 Å². The van der Waals surface area contributed by atoms with E-state index in [-0.39, 0.29) is 11.6 Å². The molecule has 1 heterocycles. The fraction of sp³-hybridized carbons (Fsp3) is 0.923. The van der Waals surface area contributed by atoms with Gasteiger partial charge in [-0.3, -0.25) is 4.90 Å². The molecule has 0 radical (unpaired) electrons. The molecule has 0 spiro atoms. The summed E-state index contributed by atoms with van der Waals surface area (Å²) < 4.78 is 0. The van der Waals surface area contributed by atoms with Crippen molar-refractivity contribution in [2.75, 3.05) is 53.4 Å². The smallest absolute Gasteiger partial charge is 0.317 e. The third-order valence-corrected chi connectivity index (χ3v) is 3.35. The molecule has 5 heteroatoms. The maximum Gasteiger partial charge on any atom is 0.317 e. The highest BCUT2D eigenvalue weighted by Gasteiger charge is 2.27. The van der Waals surface area contributed by atoms with E-state index in [2.05, 4.69) is 35.9 Å². The maximum atomic E-state index is 11.9. The summed E-state index contributed by atoms with van der Waals surface area (Å²) in [6.45, 7) is 11.8. The van der Waals surface area contributed by atoms with E-state index in [1.54, 1.807) is 0 Å². The van der Waals surface area contributed by atoms with Crippen LogP contribution in [0.1, 0.15) is 20.8 Å². The minimum absolute atomic E-state index is 0.0745. The summed E-state index contributed by atoms with van der Waals surface area (Å²) in [7, 11) is 4.02. The standard InChI is InChI=1S/C13H28N4O/c1-13(2,3)17-10-8-16(9-11-17)12(18)14-6-7-15(4)5/h6-11H2,1-5H3,(H,14,18). The van der Waals surface area contributed by atoms with Crippen molar-refractivity contribution in [2.24, 2.45) is 0 Å². The summed E-state index contributed by atoms with van der Waals surface area (Å²) >= 11 is 0. The third-order valence-electron chi connectivity index (χ3n) is 3.35. The molecule has 0 saturated carbocycles. The van der Waals surface area contributed by atoms with Crippen LogP contribution < -0.4 is 5.32 Å². The van der Waals surface area contributed by atoms with Gasteiger partial charge in [-0.25, -0.2) is 4.79 Å². The Labute approximate surface area is 111 Å². The van der Waals surface area contributed by atoms with E-state index in [0.717, 1.165) is 32.7 Å². The molecule has 1 saturated heterocycles. The normalized spacial score (nSPS) is 18.2. The van der Waals surface area contributed by atoms with E-state index in [1.165, 1.54) is 0 Å². The zero-order chi connectivity index (χ0) is 13.8. The molecule has 0 aromatic heterocycles. The number of carbonyl (C=O) groups is 1. The van der Waals surface area contributed by atoms with Gasteiger partial charge in [0, 0.05) is 44.8 Å². The molecule has 0 bridgehead atoms. The van der Waals surface area contributed by atoms with Crippen molar-refractivity contribution in [1.82, 2.24) is 20.0 Å². The largest absolute Gasteiger partial charge is 0.337 e. The lowest BCUT2D eigenvalue weighted by Gasteiger charge is -2.42. The van der Waals surface area contributed by atoms with E-state index in [9.17, 15) is 4.79 Å². The minimum Gasteiger partial charge on any atom is -0.337 e. The van der Waals surface area contributed by atoms with Gasteiger partial charge in [0.25, 0.3) is 0 Å².